The van der Waals surface area contributed by atoms with Crippen LogP contribution in [0.3, 0.4) is 0 Å². The maximum Gasteiger partial charge on any atom is 0.0705 e. The number of hydrazine groups is 1. The quantitative estimate of drug-likeness (QED) is 0.626. The summed E-state index contributed by atoms with van der Waals surface area (Å²) < 4.78 is 0. The van der Waals surface area contributed by atoms with E-state index in [2.05, 4.69) is 41.6 Å². The molecule has 0 amide bonds. The van der Waals surface area contributed by atoms with Gasteiger partial charge in [-0.3, -0.25) is 16.3 Å². The molecule has 0 radical (unpaired) electrons. The molecule has 0 aliphatic rings. The summed E-state index contributed by atoms with van der Waals surface area (Å²) in [5.41, 5.74) is 6.25. The number of benzene rings is 1. The fourth-order valence-electron chi connectivity index (χ4n) is 2.22. The zero-order chi connectivity index (χ0) is 13.0. The predicted molar refractivity (Wildman–Crippen MR) is 76.1 cm³/mol. The second-order valence-electron chi connectivity index (χ2n) is 4.77. The molecule has 1 heterocycles. The second-order valence-corrected chi connectivity index (χ2v) is 4.77. The first-order valence-electron chi connectivity index (χ1n) is 6.58. The van der Waals surface area contributed by atoms with Gasteiger partial charge in [0.05, 0.1) is 5.52 Å². The van der Waals surface area contributed by atoms with Crippen molar-refractivity contribution >= 4 is 10.9 Å². The Morgan fingerprint density at radius 1 is 1.28 bits per heavy atom. The summed E-state index contributed by atoms with van der Waals surface area (Å²) >= 11 is 0. The molecule has 0 spiro atoms. The maximum atomic E-state index is 5.65. The molecule has 1 unspecified atom stereocenters. The van der Waals surface area contributed by atoms with E-state index in [1.807, 2.05) is 13.0 Å². The molecule has 0 aliphatic heterocycles. The van der Waals surface area contributed by atoms with E-state index in [1.54, 1.807) is 0 Å². The van der Waals surface area contributed by atoms with E-state index in [0.29, 0.717) is 0 Å². The number of nitrogens with one attached hydrogen (secondary N) is 1. The molecule has 3 heteroatoms. The van der Waals surface area contributed by atoms with Crippen molar-refractivity contribution in [1.29, 1.82) is 0 Å². The lowest BCUT2D eigenvalue weighted by Gasteiger charge is -2.16. The van der Waals surface area contributed by atoms with Gasteiger partial charge in [-0.25, -0.2) is 0 Å². The lowest BCUT2D eigenvalue weighted by atomic mass is 10.00. The Hall–Kier alpha value is -1.45. The van der Waals surface area contributed by atoms with Gasteiger partial charge in [-0.1, -0.05) is 31.9 Å². The molecule has 2 rings (SSSR count). The molecule has 3 N–H and O–H groups in total. The number of nitrogens with two attached hydrogens (primary N) is 1. The van der Waals surface area contributed by atoms with Gasteiger partial charge in [0, 0.05) is 17.1 Å². The van der Waals surface area contributed by atoms with E-state index in [-0.39, 0.29) is 6.04 Å². The molecule has 1 atom stereocenters. The average molecular weight is 243 g/mol. The summed E-state index contributed by atoms with van der Waals surface area (Å²) in [5, 5.41) is 1.18. The standard InChI is InChI=1S/C15H21N3/c1-3-4-5-15(18-16)13-8-9-14-12(10-13)7-6-11(2)17-14/h6-10,15,18H,3-5,16H2,1-2H3. The van der Waals surface area contributed by atoms with Crippen LogP contribution in [-0.4, -0.2) is 4.98 Å². The number of aryl methyl sites for hydroxylation is 1. The Kier molecular flexibility index (Phi) is 4.28. The molecule has 1 aromatic carbocycles. The van der Waals surface area contributed by atoms with Crippen LogP contribution in [-0.2, 0) is 0 Å². The largest absolute Gasteiger partial charge is 0.271 e. The highest BCUT2D eigenvalue weighted by molar-refractivity contribution is 5.79. The van der Waals surface area contributed by atoms with Crippen LogP contribution < -0.4 is 11.3 Å². The van der Waals surface area contributed by atoms with Crippen molar-refractivity contribution < 1.29 is 0 Å². The van der Waals surface area contributed by atoms with E-state index in [9.17, 15) is 0 Å². The third kappa shape index (κ3) is 2.86. The number of rotatable bonds is 5. The van der Waals surface area contributed by atoms with Crippen molar-refractivity contribution in [2.75, 3.05) is 0 Å². The Labute approximate surface area is 108 Å². The van der Waals surface area contributed by atoms with Crippen molar-refractivity contribution in [1.82, 2.24) is 10.4 Å². The highest BCUT2D eigenvalue weighted by Gasteiger charge is 2.09. The van der Waals surface area contributed by atoms with Crippen molar-refractivity contribution in [3.05, 3.63) is 41.6 Å². The van der Waals surface area contributed by atoms with Crippen LogP contribution in [0.1, 0.15) is 43.5 Å². The Morgan fingerprint density at radius 3 is 2.83 bits per heavy atom. The van der Waals surface area contributed by atoms with E-state index in [1.165, 1.54) is 23.8 Å². The van der Waals surface area contributed by atoms with Crippen LogP contribution in [0.5, 0.6) is 0 Å². The molecule has 0 fully saturated rings. The van der Waals surface area contributed by atoms with Gasteiger partial charge in [0.1, 0.15) is 0 Å². The topological polar surface area (TPSA) is 50.9 Å². The van der Waals surface area contributed by atoms with Crippen LogP contribution in [0.2, 0.25) is 0 Å². The molecule has 0 saturated heterocycles. The highest BCUT2D eigenvalue weighted by Crippen LogP contribution is 2.22. The zero-order valence-corrected chi connectivity index (χ0v) is 11.1. The summed E-state index contributed by atoms with van der Waals surface area (Å²) in [4.78, 5) is 4.51. The van der Waals surface area contributed by atoms with Crippen LogP contribution in [0.15, 0.2) is 30.3 Å². The second kappa shape index (κ2) is 5.94. The monoisotopic (exact) mass is 243 g/mol. The van der Waals surface area contributed by atoms with Crippen molar-refractivity contribution in [2.45, 2.75) is 39.2 Å². The van der Waals surface area contributed by atoms with E-state index < -0.39 is 0 Å². The molecular weight excluding hydrogens is 222 g/mol. The SMILES string of the molecule is CCCCC(NN)c1ccc2nc(C)ccc2c1. The lowest BCUT2D eigenvalue weighted by molar-refractivity contribution is 0.495. The van der Waals surface area contributed by atoms with Gasteiger partial charge < -0.3 is 0 Å². The third-order valence-electron chi connectivity index (χ3n) is 3.30. The molecule has 3 nitrogen and oxygen atoms in total. The van der Waals surface area contributed by atoms with Gasteiger partial charge in [0.15, 0.2) is 0 Å². The van der Waals surface area contributed by atoms with Gasteiger partial charge in [0.25, 0.3) is 0 Å². The highest BCUT2D eigenvalue weighted by atomic mass is 15.2. The van der Waals surface area contributed by atoms with E-state index >= 15 is 0 Å². The number of pyridine rings is 1. The number of hydrogen-bond donors (Lipinski definition) is 2. The van der Waals surface area contributed by atoms with Gasteiger partial charge in [0.2, 0.25) is 0 Å². The maximum absolute atomic E-state index is 5.65. The van der Waals surface area contributed by atoms with Gasteiger partial charge in [-0.05, 0) is 37.1 Å². The summed E-state index contributed by atoms with van der Waals surface area (Å²) in [6.45, 7) is 4.21. The predicted octanol–water partition coefficient (Wildman–Crippen LogP) is 3.24. The third-order valence-corrected chi connectivity index (χ3v) is 3.30. The van der Waals surface area contributed by atoms with Crippen LogP contribution in [0.4, 0.5) is 0 Å². The molecule has 1 aromatic heterocycles. The Bertz CT molecular complexity index is 522. The lowest BCUT2D eigenvalue weighted by Crippen LogP contribution is -2.27. The van der Waals surface area contributed by atoms with Crippen molar-refractivity contribution in [2.24, 2.45) is 5.84 Å². The van der Waals surface area contributed by atoms with Crippen molar-refractivity contribution in [3.8, 4) is 0 Å². The first kappa shape index (κ1) is 13.0. The number of aromatic nitrogens is 1. The fraction of sp³-hybridized carbons (Fsp3) is 0.400. The van der Waals surface area contributed by atoms with Crippen LogP contribution in [0.25, 0.3) is 10.9 Å². The molecule has 96 valence electrons. The van der Waals surface area contributed by atoms with Gasteiger partial charge in [-0.2, -0.15) is 0 Å². The number of unbranched alkanes of at least 4 members (excludes halogenated alkanes) is 1. The molecule has 0 saturated carbocycles. The fourth-order valence-corrected chi connectivity index (χ4v) is 2.22. The minimum Gasteiger partial charge on any atom is -0.271 e. The number of fused-ring (bicyclic) bond motifs is 1. The average Bonchev–Trinajstić information content (AvgIpc) is 2.39. The summed E-state index contributed by atoms with van der Waals surface area (Å²) in [6.07, 6.45) is 3.43. The minimum absolute atomic E-state index is 0.232. The molecule has 0 bridgehead atoms. The summed E-state index contributed by atoms with van der Waals surface area (Å²) in [7, 11) is 0. The molecule has 0 aliphatic carbocycles. The Morgan fingerprint density at radius 2 is 2.11 bits per heavy atom. The van der Waals surface area contributed by atoms with E-state index in [0.717, 1.165) is 17.6 Å². The number of nitrogens with zero attached hydrogens (tertiary/aromatic N) is 1. The zero-order valence-electron chi connectivity index (χ0n) is 11.1. The smallest absolute Gasteiger partial charge is 0.0705 e. The number of hydrogen-bond acceptors (Lipinski definition) is 3. The van der Waals surface area contributed by atoms with Gasteiger partial charge >= 0.3 is 0 Å². The Balaban J connectivity index is 2.30. The van der Waals surface area contributed by atoms with Crippen LogP contribution in [0, 0.1) is 6.92 Å². The first-order valence-corrected chi connectivity index (χ1v) is 6.58. The molecular formula is C15H21N3. The molecule has 2 aromatic rings. The molecule has 18 heavy (non-hydrogen) atoms. The minimum atomic E-state index is 0.232. The van der Waals surface area contributed by atoms with Crippen LogP contribution >= 0.6 is 0 Å². The normalized spacial score (nSPS) is 12.8. The first-order chi connectivity index (χ1) is 8.74. The van der Waals surface area contributed by atoms with Crippen molar-refractivity contribution in [3.63, 3.8) is 0 Å². The van der Waals surface area contributed by atoms with E-state index in [4.69, 9.17) is 5.84 Å². The summed E-state index contributed by atoms with van der Waals surface area (Å²) in [5.74, 6) is 5.65. The summed E-state index contributed by atoms with van der Waals surface area (Å²) in [6, 6.07) is 10.8. The van der Waals surface area contributed by atoms with Gasteiger partial charge in [-0.15, -0.1) is 0 Å².